The first kappa shape index (κ1) is 11.9. The van der Waals surface area contributed by atoms with Crippen LogP contribution in [0.15, 0.2) is 36.4 Å². The molecule has 0 aliphatic carbocycles. The molecule has 0 aromatic heterocycles. The fraction of sp³-hybridized carbons (Fsp3) is 0.250. The number of aliphatic carboxylic acids is 1. The molecule has 0 heterocycles. The van der Waals surface area contributed by atoms with Crippen LogP contribution in [0.2, 0.25) is 0 Å². The van der Waals surface area contributed by atoms with Gasteiger partial charge >= 0.3 is 5.97 Å². The van der Waals surface area contributed by atoms with E-state index in [1.54, 1.807) is 11.8 Å². The zero-order valence-electron chi connectivity index (χ0n) is 8.43. The third-order valence-corrected chi connectivity index (χ3v) is 2.71. The van der Waals surface area contributed by atoms with E-state index in [9.17, 15) is 4.79 Å². The summed E-state index contributed by atoms with van der Waals surface area (Å²) >= 11 is 1.63. The molecule has 2 nitrogen and oxygen atoms in total. The summed E-state index contributed by atoms with van der Waals surface area (Å²) in [4.78, 5) is 10.2. The summed E-state index contributed by atoms with van der Waals surface area (Å²) < 4.78 is 0. The van der Waals surface area contributed by atoms with Crippen LogP contribution in [0.4, 0.5) is 0 Å². The molecular formula is C12H14O2S. The van der Waals surface area contributed by atoms with Gasteiger partial charge in [-0.05, 0) is 5.56 Å². The van der Waals surface area contributed by atoms with E-state index in [-0.39, 0.29) is 6.42 Å². The van der Waals surface area contributed by atoms with Crippen molar-refractivity contribution in [3.05, 3.63) is 42.0 Å². The van der Waals surface area contributed by atoms with E-state index in [2.05, 4.69) is 6.08 Å². The third kappa shape index (κ3) is 5.96. The Labute approximate surface area is 94.0 Å². The van der Waals surface area contributed by atoms with Gasteiger partial charge in [0.15, 0.2) is 0 Å². The van der Waals surface area contributed by atoms with Crippen molar-refractivity contribution in [1.82, 2.24) is 0 Å². The average molecular weight is 222 g/mol. The van der Waals surface area contributed by atoms with Gasteiger partial charge in [-0.15, -0.1) is 0 Å². The lowest BCUT2D eigenvalue weighted by atomic mass is 10.2. The van der Waals surface area contributed by atoms with Crippen molar-refractivity contribution in [2.75, 3.05) is 11.5 Å². The molecule has 0 fully saturated rings. The molecule has 0 radical (unpaired) electrons. The second-order valence-electron chi connectivity index (χ2n) is 3.03. The van der Waals surface area contributed by atoms with Gasteiger partial charge < -0.3 is 5.11 Å². The quantitative estimate of drug-likeness (QED) is 0.752. The van der Waals surface area contributed by atoms with Gasteiger partial charge in [-0.3, -0.25) is 4.79 Å². The molecular weight excluding hydrogens is 208 g/mol. The minimum Gasteiger partial charge on any atom is -0.481 e. The number of carbonyl (C=O) groups is 1. The molecule has 1 aromatic rings. The first-order chi connectivity index (χ1) is 7.29. The Morgan fingerprint density at radius 2 is 2.07 bits per heavy atom. The van der Waals surface area contributed by atoms with Crippen molar-refractivity contribution in [2.45, 2.75) is 6.42 Å². The number of benzene rings is 1. The van der Waals surface area contributed by atoms with Gasteiger partial charge in [-0.1, -0.05) is 42.5 Å². The topological polar surface area (TPSA) is 37.3 Å². The van der Waals surface area contributed by atoms with Crippen LogP contribution in [-0.2, 0) is 4.79 Å². The highest BCUT2D eigenvalue weighted by molar-refractivity contribution is 7.99. The molecule has 0 amide bonds. The smallest absolute Gasteiger partial charge is 0.304 e. The normalized spacial score (nSPS) is 10.7. The number of rotatable bonds is 6. The maximum absolute atomic E-state index is 10.2. The van der Waals surface area contributed by atoms with Crippen molar-refractivity contribution in [3.8, 4) is 0 Å². The maximum Gasteiger partial charge on any atom is 0.304 e. The monoisotopic (exact) mass is 222 g/mol. The van der Waals surface area contributed by atoms with E-state index in [1.165, 1.54) is 5.56 Å². The van der Waals surface area contributed by atoms with Crippen LogP contribution in [-0.4, -0.2) is 22.6 Å². The third-order valence-electron chi connectivity index (χ3n) is 1.78. The zero-order chi connectivity index (χ0) is 10.9. The number of hydrogen-bond donors (Lipinski definition) is 1. The molecule has 0 bridgehead atoms. The Balaban J connectivity index is 2.15. The number of carboxylic acids is 1. The molecule has 0 spiro atoms. The number of thioether (sulfide) groups is 1. The Hall–Kier alpha value is -1.22. The Bertz CT molecular complexity index is 320. The van der Waals surface area contributed by atoms with Gasteiger partial charge in [0, 0.05) is 11.5 Å². The fourth-order valence-corrected chi connectivity index (χ4v) is 1.78. The summed E-state index contributed by atoms with van der Waals surface area (Å²) in [7, 11) is 0. The fourth-order valence-electron chi connectivity index (χ4n) is 1.06. The summed E-state index contributed by atoms with van der Waals surface area (Å²) in [5, 5.41) is 8.42. The van der Waals surface area contributed by atoms with Crippen LogP contribution in [0, 0.1) is 0 Å². The SMILES string of the molecule is O=C(O)CCSCC=Cc1ccccc1. The van der Waals surface area contributed by atoms with Crippen molar-refractivity contribution in [3.63, 3.8) is 0 Å². The van der Waals surface area contributed by atoms with E-state index < -0.39 is 5.97 Å². The Morgan fingerprint density at radius 3 is 2.73 bits per heavy atom. The van der Waals surface area contributed by atoms with Gasteiger partial charge in [-0.2, -0.15) is 11.8 Å². The minimum absolute atomic E-state index is 0.240. The lowest BCUT2D eigenvalue weighted by molar-refractivity contribution is -0.136. The van der Waals surface area contributed by atoms with Crippen LogP contribution < -0.4 is 0 Å². The Kier molecular flexibility index (Phi) is 5.63. The minimum atomic E-state index is -0.727. The largest absolute Gasteiger partial charge is 0.481 e. The van der Waals surface area contributed by atoms with Crippen molar-refractivity contribution >= 4 is 23.8 Å². The van der Waals surface area contributed by atoms with Gasteiger partial charge in [0.25, 0.3) is 0 Å². The van der Waals surface area contributed by atoms with Crippen LogP contribution in [0.25, 0.3) is 6.08 Å². The predicted molar refractivity (Wildman–Crippen MR) is 65.1 cm³/mol. The molecule has 0 saturated carbocycles. The van der Waals surface area contributed by atoms with E-state index in [4.69, 9.17) is 5.11 Å². The highest BCUT2D eigenvalue weighted by Gasteiger charge is 1.94. The molecule has 80 valence electrons. The summed E-state index contributed by atoms with van der Waals surface area (Å²) in [5.41, 5.74) is 1.18. The van der Waals surface area contributed by atoms with Crippen LogP contribution in [0.5, 0.6) is 0 Å². The zero-order valence-corrected chi connectivity index (χ0v) is 9.24. The molecule has 0 aliphatic rings. The summed E-state index contributed by atoms with van der Waals surface area (Å²) in [6, 6.07) is 10.1. The highest BCUT2D eigenvalue weighted by Crippen LogP contribution is 2.06. The first-order valence-electron chi connectivity index (χ1n) is 4.80. The Morgan fingerprint density at radius 1 is 1.33 bits per heavy atom. The number of hydrogen-bond acceptors (Lipinski definition) is 2. The van der Waals surface area contributed by atoms with Crippen molar-refractivity contribution in [2.24, 2.45) is 0 Å². The average Bonchev–Trinajstić information content (AvgIpc) is 2.24. The molecule has 3 heteroatoms. The van der Waals surface area contributed by atoms with Crippen LogP contribution in [0.3, 0.4) is 0 Å². The highest BCUT2D eigenvalue weighted by atomic mass is 32.2. The van der Waals surface area contributed by atoms with Gasteiger partial charge in [0.1, 0.15) is 0 Å². The van der Waals surface area contributed by atoms with E-state index >= 15 is 0 Å². The van der Waals surface area contributed by atoms with Crippen LogP contribution in [0.1, 0.15) is 12.0 Å². The molecule has 1 N–H and O–H groups in total. The van der Waals surface area contributed by atoms with Crippen LogP contribution >= 0.6 is 11.8 Å². The lowest BCUT2D eigenvalue weighted by Gasteiger charge is -1.94. The summed E-state index contributed by atoms with van der Waals surface area (Å²) in [6.07, 6.45) is 4.35. The van der Waals surface area contributed by atoms with Crippen molar-refractivity contribution < 1.29 is 9.90 Å². The lowest BCUT2D eigenvalue weighted by Crippen LogP contribution is -1.95. The molecule has 0 saturated heterocycles. The summed E-state index contributed by atoms with van der Waals surface area (Å²) in [6.45, 7) is 0. The first-order valence-corrected chi connectivity index (χ1v) is 5.95. The van der Waals surface area contributed by atoms with Gasteiger partial charge in [-0.25, -0.2) is 0 Å². The predicted octanol–water partition coefficient (Wildman–Crippen LogP) is 2.91. The van der Waals surface area contributed by atoms with Gasteiger partial charge in [0.2, 0.25) is 0 Å². The summed E-state index contributed by atoms with van der Waals surface area (Å²) in [5.74, 6) is 0.811. The molecule has 15 heavy (non-hydrogen) atoms. The molecule has 0 aliphatic heterocycles. The van der Waals surface area contributed by atoms with Gasteiger partial charge in [0.05, 0.1) is 6.42 Å². The molecule has 1 aromatic carbocycles. The second kappa shape index (κ2) is 7.12. The maximum atomic E-state index is 10.2. The van der Waals surface area contributed by atoms with E-state index in [1.807, 2.05) is 36.4 Å². The molecule has 1 rings (SSSR count). The van der Waals surface area contributed by atoms with E-state index in [0.29, 0.717) is 5.75 Å². The number of carboxylic acid groups (broad SMARTS) is 1. The second-order valence-corrected chi connectivity index (χ2v) is 4.18. The molecule has 0 unspecified atom stereocenters. The van der Waals surface area contributed by atoms with E-state index in [0.717, 1.165) is 5.75 Å². The molecule has 0 atom stereocenters. The van der Waals surface area contributed by atoms with Crippen molar-refractivity contribution in [1.29, 1.82) is 0 Å². The standard InChI is InChI=1S/C12H14O2S/c13-12(14)8-10-15-9-4-7-11-5-2-1-3-6-11/h1-7H,8-10H2,(H,13,14).